The first-order valence-corrected chi connectivity index (χ1v) is 8.95. The van der Waals surface area contributed by atoms with Crippen molar-refractivity contribution in [2.75, 3.05) is 0 Å². The van der Waals surface area contributed by atoms with Crippen LogP contribution in [0.25, 0.3) is 0 Å². The zero-order chi connectivity index (χ0) is 20.4. The average molecular weight is 378 g/mol. The Kier molecular flexibility index (Phi) is 7.91. The van der Waals surface area contributed by atoms with Gasteiger partial charge in [-0.2, -0.15) is 0 Å². The molecule has 2 aliphatic rings. The van der Waals surface area contributed by atoms with Gasteiger partial charge in [-0.25, -0.2) is 9.59 Å². The van der Waals surface area contributed by atoms with Crippen molar-refractivity contribution in [3.05, 3.63) is 95.6 Å². The summed E-state index contributed by atoms with van der Waals surface area (Å²) in [6.45, 7) is 0. The molecule has 1 fully saturated rings. The molecule has 0 heterocycles. The van der Waals surface area contributed by atoms with Crippen LogP contribution < -0.4 is 0 Å². The van der Waals surface area contributed by atoms with Crippen molar-refractivity contribution in [1.82, 2.24) is 0 Å². The summed E-state index contributed by atoms with van der Waals surface area (Å²) in [4.78, 5) is 31.5. The standard InChI is InChI=1S/C9H10O.2C7H6O2/c10-9-6-5-7-3-1-2-4-8(7)9;2*8-7(9)6-4-2-1-3-5-6/h1-2,4,7H,3,5-6H2;2*1-5H,(H,8,9). The van der Waals surface area contributed by atoms with Gasteiger partial charge in [0.1, 0.15) is 0 Å². The van der Waals surface area contributed by atoms with E-state index in [1.807, 2.05) is 12.2 Å². The number of hydrogen-bond donors (Lipinski definition) is 2. The topological polar surface area (TPSA) is 91.7 Å². The molecule has 0 aromatic heterocycles. The van der Waals surface area contributed by atoms with Gasteiger partial charge in [-0.1, -0.05) is 54.6 Å². The van der Waals surface area contributed by atoms with Gasteiger partial charge in [0.25, 0.3) is 0 Å². The molecule has 1 atom stereocenters. The molecule has 0 amide bonds. The summed E-state index contributed by atoms with van der Waals surface area (Å²) in [5, 5.41) is 16.8. The van der Waals surface area contributed by atoms with Gasteiger partial charge in [-0.05, 0) is 48.6 Å². The fourth-order valence-electron chi connectivity index (χ4n) is 2.88. The van der Waals surface area contributed by atoms with Crippen LogP contribution in [0, 0.1) is 5.92 Å². The van der Waals surface area contributed by atoms with Crippen LogP contribution in [0.4, 0.5) is 0 Å². The van der Waals surface area contributed by atoms with Crippen LogP contribution in [0.1, 0.15) is 40.0 Å². The second-order valence-electron chi connectivity index (χ2n) is 6.29. The van der Waals surface area contributed by atoms with E-state index in [-0.39, 0.29) is 0 Å². The molecular weight excluding hydrogens is 356 g/mol. The van der Waals surface area contributed by atoms with Crippen LogP contribution in [0.3, 0.4) is 0 Å². The summed E-state index contributed by atoms with van der Waals surface area (Å²) >= 11 is 0. The molecular formula is C23H22O5. The molecule has 2 aromatic rings. The van der Waals surface area contributed by atoms with Crippen LogP contribution in [0.15, 0.2) is 84.5 Å². The zero-order valence-electron chi connectivity index (χ0n) is 15.3. The Hall–Kier alpha value is -3.47. The van der Waals surface area contributed by atoms with Crippen molar-refractivity contribution >= 4 is 17.7 Å². The van der Waals surface area contributed by atoms with E-state index >= 15 is 0 Å². The first-order chi connectivity index (χ1) is 13.5. The van der Waals surface area contributed by atoms with E-state index in [4.69, 9.17) is 10.2 Å². The van der Waals surface area contributed by atoms with E-state index in [2.05, 4.69) is 6.08 Å². The number of ketones is 1. The predicted octanol–water partition coefficient (Wildman–Crippen LogP) is 4.62. The summed E-state index contributed by atoms with van der Waals surface area (Å²) in [6.07, 6.45) is 9.05. The van der Waals surface area contributed by atoms with Gasteiger partial charge in [0, 0.05) is 6.42 Å². The lowest BCUT2D eigenvalue weighted by atomic mass is 9.95. The fraction of sp³-hybridized carbons (Fsp3) is 0.174. The van der Waals surface area contributed by atoms with Gasteiger partial charge in [0.15, 0.2) is 5.78 Å². The van der Waals surface area contributed by atoms with Crippen LogP contribution >= 0.6 is 0 Å². The van der Waals surface area contributed by atoms with E-state index in [0.29, 0.717) is 22.8 Å². The minimum absolute atomic E-state index is 0.331. The van der Waals surface area contributed by atoms with E-state index in [9.17, 15) is 14.4 Å². The summed E-state index contributed by atoms with van der Waals surface area (Å²) in [5.41, 5.74) is 1.73. The van der Waals surface area contributed by atoms with E-state index in [1.165, 1.54) is 0 Å². The minimum Gasteiger partial charge on any atom is -0.478 e. The third-order valence-corrected chi connectivity index (χ3v) is 4.36. The molecule has 144 valence electrons. The van der Waals surface area contributed by atoms with E-state index in [0.717, 1.165) is 24.8 Å². The van der Waals surface area contributed by atoms with Crippen molar-refractivity contribution < 1.29 is 24.6 Å². The van der Waals surface area contributed by atoms with E-state index < -0.39 is 11.9 Å². The van der Waals surface area contributed by atoms with Gasteiger partial charge in [0.05, 0.1) is 11.1 Å². The van der Waals surface area contributed by atoms with Crippen molar-refractivity contribution in [3.63, 3.8) is 0 Å². The predicted molar refractivity (Wildman–Crippen MR) is 106 cm³/mol. The van der Waals surface area contributed by atoms with Crippen LogP contribution in [0.2, 0.25) is 0 Å². The molecule has 0 bridgehead atoms. The quantitative estimate of drug-likeness (QED) is 0.795. The third kappa shape index (κ3) is 6.36. The Morgan fingerprint density at radius 2 is 1.32 bits per heavy atom. The molecule has 0 radical (unpaired) electrons. The Labute approximate surface area is 163 Å². The number of Topliss-reactive ketones (excluding diaryl/α,β-unsaturated/α-hetero) is 1. The summed E-state index contributed by atoms with van der Waals surface area (Å²) in [7, 11) is 0. The monoisotopic (exact) mass is 378 g/mol. The largest absolute Gasteiger partial charge is 0.478 e. The van der Waals surface area contributed by atoms with Crippen molar-refractivity contribution in [2.24, 2.45) is 5.92 Å². The Morgan fingerprint density at radius 3 is 1.71 bits per heavy atom. The van der Waals surface area contributed by atoms with Crippen molar-refractivity contribution in [3.8, 4) is 0 Å². The summed E-state index contributed by atoms with van der Waals surface area (Å²) in [5.74, 6) is -0.821. The highest BCUT2D eigenvalue weighted by Gasteiger charge is 2.27. The summed E-state index contributed by atoms with van der Waals surface area (Å²) in [6, 6.07) is 16.6. The number of rotatable bonds is 2. The molecule has 0 spiro atoms. The SMILES string of the molecule is O=C(O)c1ccccc1.O=C(O)c1ccccc1.O=C1CCC2CC=CC=C12. The van der Waals surface area contributed by atoms with Gasteiger partial charge in [0.2, 0.25) is 0 Å². The molecule has 2 aromatic carbocycles. The molecule has 2 aliphatic carbocycles. The molecule has 5 nitrogen and oxygen atoms in total. The third-order valence-electron chi connectivity index (χ3n) is 4.36. The zero-order valence-corrected chi connectivity index (χ0v) is 15.3. The first kappa shape index (κ1) is 20.8. The maximum Gasteiger partial charge on any atom is 0.335 e. The van der Waals surface area contributed by atoms with Crippen LogP contribution in [0.5, 0.6) is 0 Å². The van der Waals surface area contributed by atoms with Gasteiger partial charge in [-0.3, -0.25) is 4.79 Å². The summed E-state index contributed by atoms with van der Waals surface area (Å²) < 4.78 is 0. The molecule has 28 heavy (non-hydrogen) atoms. The molecule has 5 heteroatoms. The highest BCUT2D eigenvalue weighted by molar-refractivity contribution is 5.98. The number of carboxylic acid groups (broad SMARTS) is 2. The Morgan fingerprint density at radius 1 is 0.821 bits per heavy atom. The fourth-order valence-corrected chi connectivity index (χ4v) is 2.88. The lowest BCUT2D eigenvalue weighted by Crippen LogP contribution is -2.02. The number of benzene rings is 2. The number of carbonyl (C=O) groups is 3. The number of aromatic carboxylic acids is 2. The number of carbonyl (C=O) groups excluding carboxylic acids is 1. The van der Waals surface area contributed by atoms with E-state index in [1.54, 1.807) is 60.7 Å². The van der Waals surface area contributed by atoms with Crippen LogP contribution in [-0.4, -0.2) is 27.9 Å². The maximum absolute atomic E-state index is 11.1. The van der Waals surface area contributed by atoms with Crippen molar-refractivity contribution in [1.29, 1.82) is 0 Å². The second kappa shape index (κ2) is 10.6. The lowest BCUT2D eigenvalue weighted by molar-refractivity contribution is -0.114. The first-order valence-electron chi connectivity index (χ1n) is 8.95. The normalized spacial score (nSPS) is 16.5. The molecule has 0 aliphatic heterocycles. The number of allylic oxidation sites excluding steroid dienone is 4. The molecule has 1 saturated carbocycles. The second-order valence-corrected chi connectivity index (χ2v) is 6.29. The van der Waals surface area contributed by atoms with Crippen LogP contribution in [-0.2, 0) is 4.79 Å². The minimum atomic E-state index is -0.879. The van der Waals surface area contributed by atoms with Gasteiger partial charge < -0.3 is 10.2 Å². The number of fused-ring (bicyclic) bond motifs is 1. The molecule has 2 N–H and O–H groups in total. The average Bonchev–Trinajstić information content (AvgIpc) is 3.11. The smallest absolute Gasteiger partial charge is 0.335 e. The number of hydrogen-bond acceptors (Lipinski definition) is 3. The number of carboxylic acids is 2. The van der Waals surface area contributed by atoms with Crippen molar-refractivity contribution in [2.45, 2.75) is 19.3 Å². The maximum atomic E-state index is 11.1. The van der Waals surface area contributed by atoms with Gasteiger partial charge in [-0.15, -0.1) is 0 Å². The lowest BCUT2D eigenvalue weighted by Gasteiger charge is -2.09. The van der Waals surface area contributed by atoms with Gasteiger partial charge >= 0.3 is 11.9 Å². The highest BCUT2D eigenvalue weighted by atomic mass is 16.4. The molecule has 4 rings (SSSR count). The Balaban J connectivity index is 0.000000151. The highest BCUT2D eigenvalue weighted by Crippen LogP contribution is 2.33. The molecule has 1 unspecified atom stereocenters. The molecule has 0 saturated heterocycles. The Bertz CT molecular complexity index is 817.